The Labute approximate surface area is 151 Å². The van der Waals surface area contributed by atoms with E-state index in [4.69, 9.17) is 16.3 Å². The highest BCUT2D eigenvalue weighted by molar-refractivity contribution is 9.10. The maximum absolute atomic E-state index is 12.1. The molecular formula is C15H24BrClN4O2. The number of hydrazine groups is 1. The molecular weight excluding hydrogens is 384 g/mol. The number of halogens is 2. The first kappa shape index (κ1) is 20.0. The number of anilines is 1. The molecule has 0 aliphatic rings. The van der Waals surface area contributed by atoms with Crippen LogP contribution < -0.4 is 10.4 Å². The third-order valence-corrected chi connectivity index (χ3v) is 3.40. The normalized spacial score (nSPS) is 12.0. The summed E-state index contributed by atoms with van der Waals surface area (Å²) in [5, 5.41) is 1.73. The second kappa shape index (κ2) is 7.66. The van der Waals surface area contributed by atoms with Crippen LogP contribution in [0.1, 0.15) is 48.0 Å². The molecule has 6 nitrogen and oxygen atoms in total. The van der Waals surface area contributed by atoms with Crippen LogP contribution in [-0.2, 0) is 4.74 Å². The summed E-state index contributed by atoms with van der Waals surface area (Å²) in [5.74, 6) is 0.486. The summed E-state index contributed by atoms with van der Waals surface area (Å²) < 4.78 is 5.94. The van der Waals surface area contributed by atoms with Gasteiger partial charge in [-0.3, -0.25) is 5.01 Å². The zero-order valence-electron chi connectivity index (χ0n) is 14.4. The van der Waals surface area contributed by atoms with Gasteiger partial charge in [0.25, 0.3) is 0 Å². The van der Waals surface area contributed by atoms with Crippen molar-refractivity contribution in [1.82, 2.24) is 15.4 Å². The van der Waals surface area contributed by atoms with Gasteiger partial charge in [0.05, 0.1) is 4.47 Å². The number of aromatic nitrogens is 2. The standard InChI is InChI=1S/C15H24BrClN4O2/c1-14(2,3)7-8-21(20-13(22)23-15(4,5)6)11-10(16)9-18-12(17)19-11/h9H,7-8H2,1-6H3,(H,20,22). The second-order valence-electron chi connectivity index (χ2n) is 7.39. The molecule has 0 fully saturated rings. The number of carbonyl (C=O) groups is 1. The predicted octanol–water partition coefficient (Wildman–Crippen LogP) is 4.57. The second-order valence-corrected chi connectivity index (χ2v) is 8.58. The van der Waals surface area contributed by atoms with E-state index in [1.54, 1.807) is 11.2 Å². The van der Waals surface area contributed by atoms with E-state index in [-0.39, 0.29) is 10.7 Å². The number of ether oxygens (including phenoxy) is 1. The van der Waals surface area contributed by atoms with Crippen molar-refractivity contribution >= 4 is 39.4 Å². The Morgan fingerprint density at radius 2 is 1.96 bits per heavy atom. The molecule has 8 heteroatoms. The molecule has 1 amide bonds. The van der Waals surface area contributed by atoms with Crippen molar-refractivity contribution in [3.05, 3.63) is 16.0 Å². The summed E-state index contributed by atoms with van der Waals surface area (Å²) in [4.78, 5) is 20.2. The average molecular weight is 408 g/mol. The summed E-state index contributed by atoms with van der Waals surface area (Å²) in [6.07, 6.45) is 1.83. The van der Waals surface area contributed by atoms with Crippen LogP contribution in [0, 0.1) is 5.41 Å². The lowest BCUT2D eigenvalue weighted by molar-refractivity contribution is 0.0518. The van der Waals surface area contributed by atoms with Crippen molar-refractivity contribution in [1.29, 1.82) is 0 Å². The molecule has 0 aromatic carbocycles. The summed E-state index contributed by atoms with van der Waals surface area (Å²) in [6.45, 7) is 12.4. The first-order valence-corrected chi connectivity index (χ1v) is 8.50. The highest BCUT2D eigenvalue weighted by Gasteiger charge is 2.22. The van der Waals surface area contributed by atoms with E-state index in [2.05, 4.69) is 52.1 Å². The maximum Gasteiger partial charge on any atom is 0.426 e. The van der Waals surface area contributed by atoms with Gasteiger partial charge in [0.2, 0.25) is 5.28 Å². The maximum atomic E-state index is 12.1. The van der Waals surface area contributed by atoms with Gasteiger partial charge in [-0.25, -0.2) is 15.2 Å². The zero-order valence-corrected chi connectivity index (χ0v) is 16.7. The molecule has 1 heterocycles. The Kier molecular flexibility index (Phi) is 6.65. The molecule has 130 valence electrons. The Morgan fingerprint density at radius 3 is 2.48 bits per heavy atom. The molecule has 0 spiro atoms. The minimum Gasteiger partial charge on any atom is -0.443 e. The van der Waals surface area contributed by atoms with Crippen molar-refractivity contribution in [3.8, 4) is 0 Å². The van der Waals surface area contributed by atoms with Gasteiger partial charge in [-0.1, -0.05) is 20.8 Å². The van der Waals surface area contributed by atoms with E-state index >= 15 is 0 Å². The lowest BCUT2D eigenvalue weighted by atomic mass is 9.92. The molecule has 0 atom stereocenters. The third-order valence-electron chi connectivity index (χ3n) is 2.66. The van der Waals surface area contributed by atoms with Crippen LogP contribution in [0.4, 0.5) is 10.6 Å². The van der Waals surface area contributed by atoms with Crippen LogP contribution in [0.5, 0.6) is 0 Å². The van der Waals surface area contributed by atoms with Gasteiger partial charge in [-0.15, -0.1) is 0 Å². The van der Waals surface area contributed by atoms with Gasteiger partial charge in [0.15, 0.2) is 5.82 Å². The quantitative estimate of drug-likeness (QED) is 0.584. The molecule has 0 unspecified atom stereocenters. The van der Waals surface area contributed by atoms with Crippen molar-refractivity contribution in [2.75, 3.05) is 11.6 Å². The highest BCUT2D eigenvalue weighted by Crippen LogP contribution is 2.26. The van der Waals surface area contributed by atoms with Crippen molar-refractivity contribution in [2.45, 2.75) is 53.6 Å². The minimum atomic E-state index is -0.583. The topological polar surface area (TPSA) is 67.4 Å². The fourth-order valence-electron chi connectivity index (χ4n) is 1.60. The van der Waals surface area contributed by atoms with E-state index in [1.165, 1.54) is 0 Å². The monoisotopic (exact) mass is 406 g/mol. The van der Waals surface area contributed by atoms with E-state index in [9.17, 15) is 4.79 Å². The van der Waals surface area contributed by atoms with E-state index in [1.807, 2.05) is 20.8 Å². The molecule has 1 aromatic rings. The van der Waals surface area contributed by atoms with Crippen LogP contribution in [-0.4, -0.2) is 28.2 Å². The lowest BCUT2D eigenvalue weighted by Gasteiger charge is -2.29. The van der Waals surface area contributed by atoms with Crippen molar-refractivity contribution < 1.29 is 9.53 Å². The minimum absolute atomic E-state index is 0.0944. The van der Waals surface area contributed by atoms with Crippen LogP contribution in [0.15, 0.2) is 10.7 Å². The number of hydrogen-bond acceptors (Lipinski definition) is 5. The van der Waals surface area contributed by atoms with Crippen LogP contribution in [0.2, 0.25) is 5.28 Å². The smallest absolute Gasteiger partial charge is 0.426 e. The number of hydrogen-bond donors (Lipinski definition) is 1. The van der Waals surface area contributed by atoms with Gasteiger partial charge in [0.1, 0.15) is 5.60 Å². The fourth-order valence-corrected chi connectivity index (χ4v) is 2.13. The molecule has 23 heavy (non-hydrogen) atoms. The zero-order chi connectivity index (χ0) is 17.8. The van der Waals surface area contributed by atoms with Crippen LogP contribution in [0.3, 0.4) is 0 Å². The van der Waals surface area contributed by atoms with Crippen molar-refractivity contribution in [2.24, 2.45) is 5.41 Å². The van der Waals surface area contributed by atoms with Gasteiger partial charge < -0.3 is 4.74 Å². The Morgan fingerprint density at radius 1 is 1.35 bits per heavy atom. The number of rotatable bonds is 4. The third kappa shape index (κ3) is 7.83. The van der Waals surface area contributed by atoms with E-state index in [0.29, 0.717) is 16.8 Å². The Hall–Kier alpha value is -1.08. The van der Waals surface area contributed by atoms with Crippen LogP contribution >= 0.6 is 27.5 Å². The molecule has 1 rings (SSSR count). The summed E-state index contributed by atoms with van der Waals surface area (Å²) in [5.41, 5.74) is 2.24. The number of nitrogens with zero attached hydrogens (tertiary/aromatic N) is 3. The molecule has 0 aliphatic carbocycles. The molecule has 0 radical (unpaired) electrons. The number of nitrogens with one attached hydrogen (secondary N) is 1. The first-order chi connectivity index (χ1) is 10.4. The molecule has 0 bridgehead atoms. The van der Waals surface area contributed by atoms with Gasteiger partial charge >= 0.3 is 6.09 Å². The van der Waals surface area contributed by atoms with Gasteiger partial charge in [0, 0.05) is 12.7 Å². The Bertz CT molecular complexity index is 555. The Balaban J connectivity index is 2.97. The molecule has 0 saturated heterocycles. The molecule has 0 aliphatic heterocycles. The van der Waals surface area contributed by atoms with E-state index < -0.39 is 11.7 Å². The SMILES string of the molecule is CC(C)(C)CCN(NC(=O)OC(C)(C)C)c1nc(Cl)ncc1Br. The summed E-state index contributed by atoms with van der Waals surface area (Å²) >= 11 is 9.27. The fraction of sp³-hybridized carbons (Fsp3) is 0.667. The van der Waals surface area contributed by atoms with Gasteiger partial charge in [-0.05, 0) is 60.1 Å². The van der Waals surface area contributed by atoms with Gasteiger partial charge in [-0.2, -0.15) is 4.98 Å². The largest absolute Gasteiger partial charge is 0.443 e. The number of amides is 1. The first-order valence-electron chi connectivity index (χ1n) is 7.33. The molecule has 0 saturated carbocycles. The molecule has 1 aromatic heterocycles. The summed E-state index contributed by atoms with van der Waals surface area (Å²) in [6, 6.07) is 0. The summed E-state index contributed by atoms with van der Waals surface area (Å²) in [7, 11) is 0. The highest BCUT2D eigenvalue weighted by atomic mass is 79.9. The predicted molar refractivity (Wildman–Crippen MR) is 95.5 cm³/mol. The number of carbonyl (C=O) groups excluding carboxylic acids is 1. The van der Waals surface area contributed by atoms with Crippen LogP contribution in [0.25, 0.3) is 0 Å². The lowest BCUT2D eigenvalue weighted by Crippen LogP contribution is -2.46. The van der Waals surface area contributed by atoms with Crippen molar-refractivity contribution in [3.63, 3.8) is 0 Å². The van der Waals surface area contributed by atoms with E-state index in [0.717, 1.165) is 6.42 Å². The molecule has 1 N–H and O–H groups in total. The average Bonchev–Trinajstić information content (AvgIpc) is 2.34.